The Bertz CT molecular complexity index is 792. The summed E-state index contributed by atoms with van der Waals surface area (Å²) >= 11 is 0. The van der Waals surface area contributed by atoms with E-state index < -0.39 is 18.2 Å². The molecule has 3 atom stereocenters. The molecule has 158 valence electrons. The monoisotopic (exact) mass is 424 g/mol. The smallest absolute Gasteiger partial charge is 0.202 e. The van der Waals surface area contributed by atoms with Gasteiger partial charge in [0.2, 0.25) is 9.84 Å². The van der Waals surface area contributed by atoms with Gasteiger partial charge in [-0.2, -0.15) is 0 Å². The van der Waals surface area contributed by atoms with Gasteiger partial charge in [0, 0.05) is 19.4 Å². The fourth-order valence-corrected chi connectivity index (χ4v) is 6.78. The molecule has 0 saturated heterocycles. The molecule has 0 fully saturated rings. The number of benzene rings is 1. The minimum atomic E-state index is -3.61. The van der Waals surface area contributed by atoms with Crippen LogP contribution in [0.5, 0.6) is 0 Å². The molecule has 0 radical (unpaired) electrons. The van der Waals surface area contributed by atoms with Gasteiger partial charge in [0.15, 0.2) is 8.32 Å². The van der Waals surface area contributed by atoms with Crippen molar-refractivity contribution >= 4 is 18.2 Å². The van der Waals surface area contributed by atoms with Gasteiger partial charge in [-0.15, -0.1) is 0 Å². The number of methoxy groups -OCH3 is 1. The number of rotatable bonds is 6. The van der Waals surface area contributed by atoms with Gasteiger partial charge in [-0.1, -0.05) is 52.8 Å². The minimum Gasteiger partial charge on any atom is -0.413 e. The molecule has 1 aromatic carbocycles. The summed E-state index contributed by atoms with van der Waals surface area (Å²) in [5.74, 6) is -0.0527. The maximum absolute atomic E-state index is 13.5. The number of hydrogen-bond acceptors (Lipinski definition) is 4. The highest BCUT2D eigenvalue weighted by Gasteiger charge is 2.46. The van der Waals surface area contributed by atoms with E-state index in [2.05, 4.69) is 47.7 Å². The average molecular weight is 425 g/mol. The first-order valence-corrected chi connectivity index (χ1v) is 14.4. The summed E-state index contributed by atoms with van der Waals surface area (Å²) in [5, 5.41) is 0.0523. The van der Waals surface area contributed by atoms with Crippen molar-refractivity contribution in [2.24, 2.45) is 11.8 Å². The van der Waals surface area contributed by atoms with E-state index >= 15 is 0 Å². The number of sulfone groups is 1. The largest absolute Gasteiger partial charge is 0.413 e. The molecule has 28 heavy (non-hydrogen) atoms. The van der Waals surface area contributed by atoms with E-state index in [0.717, 1.165) is 0 Å². The number of hydrogen-bond donors (Lipinski definition) is 0. The van der Waals surface area contributed by atoms with Gasteiger partial charge >= 0.3 is 0 Å². The third kappa shape index (κ3) is 4.78. The Kier molecular flexibility index (Phi) is 7.02. The molecule has 0 N–H and O–H groups in total. The zero-order chi connectivity index (χ0) is 21.3. The first kappa shape index (κ1) is 23.3. The summed E-state index contributed by atoms with van der Waals surface area (Å²) in [4.78, 5) is 0.769. The lowest BCUT2D eigenvalue weighted by Gasteiger charge is -2.45. The van der Waals surface area contributed by atoms with Crippen molar-refractivity contribution in [1.82, 2.24) is 0 Å². The summed E-state index contributed by atoms with van der Waals surface area (Å²) in [6, 6.07) is 8.67. The SMILES string of the molecule is CO[C@H]1C=C(S(=O)(=O)c2ccccc2)[C@@H](C(C)C)[C@@H](O[Si](C)(C)C(C)(C)C)C1. The van der Waals surface area contributed by atoms with Crippen LogP contribution >= 0.6 is 0 Å². The van der Waals surface area contributed by atoms with Gasteiger partial charge < -0.3 is 9.16 Å². The van der Waals surface area contributed by atoms with Crippen molar-refractivity contribution in [2.75, 3.05) is 7.11 Å². The summed E-state index contributed by atoms with van der Waals surface area (Å²) in [5.41, 5.74) is 0. The predicted octanol–water partition coefficient (Wildman–Crippen LogP) is 5.43. The lowest BCUT2D eigenvalue weighted by atomic mass is 9.83. The second-order valence-electron chi connectivity index (χ2n) is 9.58. The minimum absolute atomic E-state index is 0.0523. The molecular formula is C22H36O4SSi. The molecule has 0 spiro atoms. The Morgan fingerprint density at radius 2 is 1.68 bits per heavy atom. The van der Waals surface area contributed by atoms with Crippen LogP contribution in [0.15, 0.2) is 46.2 Å². The van der Waals surface area contributed by atoms with Crippen molar-refractivity contribution in [1.29, 1.82) is 0 Å². The average Bonchev–Trinajstić information content (AvgIpc) is 2.60. The van der Waals surface area contributed by atoms with E-state index in [1.165, 1.54) is 0 Å². The zero-order valence-corrected chi connectivity index (χ0v) is 20.3. The quantitative estimate of drug-likeness (QED) is 0.572. The fraction of sp³-hybridized carbons (Fsp3) is 0.636. The molecule has 0 aromatic heterocycles. The third-order valence-electron chi connectivity index (χ3n) is 6.18. The van der Waals surface area contributed by atoms with E-state index in [1.807, 2.05) is 6.07 Å². The fourth-order valence-electron chi connectivity index (χ4n) is 3.52. The molecule has 1 aliphatic carbocycles. The Morgan fingerprint density at radius 3 is 2.14 bits per heavy atom. The summed E-state index contributed by atoms with van der Waals surface area (Å²) in [6.07, 6.45) is 2.04. The molecule has 4 nitrogen and oxygen atoms in total. The molecule has 2 rings (SSSR count). The molecule has 6 heteroatoms. The van der Waals surface area contributed by atoms with Crippen LogP contribution in [0.4, 0.5) is 0 Å². The Morgan fingerprint density at radius 1 is 1.11 bits per heavy atom. The maximum Gasteiger partial charge on any atom is 0.202 e. The highest BCUT2D eigenvalue weighted by molar-refractivity contribution is 7.95. The maximum atomic E-state index is 13.5. The van der Waals surface area contributed by atoms with E-state index in [4.69, 9.17) is 9.16 Å². The van der Waals surface area contributed by atoms with Crippen molar-refractivity contribution in [3.05, 3.63) is 41.3 Å². The molecule has 1 aliphatic rings. The Hall–Kier alpha value is -0.953. The Labute approximate surface area is 172 Å². The second kappa shape index (κ2) is 8.42. The van der Waals surface area contributed by atoms with Crippen LogP contribution in [-0.2, 0) is 19.0 Å². The van der Waals surface area contributed by atoms with Gasteiger partial charge in [-0.3, -0.25) is 0 Å². The lowest BCUT2D eigenvalue weighted by Crippen LogP contribution is -2.49. The molecule has 0 bridgehead atoms. The van der Waals surface area contributed by atoms with Crippen molar-refractivity contribution < 1.29 is 17.6 Å². The van der Waals surface area contributed by atoms with E-state index in [-0.39, 0.29) is 29.1 Å². The highest BCUT2D eigenvalue weighted by atomic mass is 32.2. The molecule has 0 heterocycles. The van der Waals surface area contributed by atoms with Gasteiger partial charge in [0.1, 0.15) is 0 Å². The lowest BCUT2D eigenvalue weighted by molar-refractivity contribution is 0.0345. The first-order chi connectivity index (χ1) is 12.8. The molecule has 0 unspecified atom stereocenters. The van der Waals surface area contributed by atoms with Gasteiger partial charge in [-0.25, -0.2) is 8.42 Å². The van der Waals surface area contributed by atoms with Crippen LogP contribution in [0.25, 0.3) is 0 Å². The predicted molar refractivity (Wildman–Crippen MR) is 118 cm³/mol. The normalized spacial score (nSPS) is 24.3. The summed E-state index contributed by atoms with van der Waals surface area (Å²) in [6.45, 7) is 15.2. The topological polar surface area (TPSA) is 52.6 Å². The van der Waals surface area contributed by atoms with Gasteiger partial charge in [0.25, 0.3) is 0 Å². The van der Waals surface area contributed by atoms with Crippen LogP contribution in [0, 0.1) is 11.8 Å². The van der Waals surface area contributed by atoms with Gasteiger partial charge in [-0.05, 0) is 42.3 Å². The van der Waals surface area contributed by atoms with Crippen LogP contribution in [0.2, 0.25) is 18.1 Å². The van der Waals surface area contributed by atoms with E-state index in [0.29, 0.717) is 16.2 Å². The first-order valence-electron chi connectivity index (χ1n) is 10.0. The van der Waals surface area contributed by atoms with Crippen LogP contribution < -0.4 is 0 Å². The third-order valence-corrected chi connectivity index (χ3v) is 12.6. The summed E-state index contributed by atoms with van der Waals surface area (Å²) in [7, 11) is -4.04. The van der Waals surface area contributed by atoms with Crippen molar-refractivity contribution in [2.45, 2.75) is 76.3 Å². The standard InChI is InChI=1S/C22H36O4SSi/c1-16(2)21-19(26-28(7,8)22(3,4)5)14-17(25-6)15-20(21)27(23,24)18-12-10-9-11-13-18/h9-13,15-17,19,21H,14H2,1-8H3/t17-,19+,21+/m1/s1. The molecule has 1 aromatic rings. The van der Waals surface area contributed by atoms with Crippen molar-refractivity contribution in [3.8, 4) is 0 Å². The number of ether oxygens (including phenoxy) is 1. The molecule has 0 saturated carbocycles. The Balaban J connectivity index is 2.53. The van der Waals surface area contributed by atoms with E-state index in [1.54, 1.807) is 37.5 Å². The van der Waals surface area contributed by atoms with Gasteiger partial charge in [0.05, 0.1) is 22.0 Å². The van der Waals surface area contributed by atoms with E-state index in [9.17, 15) is 8.42 Å². The zero-order valence-electron chi connectivity index (χ0n) is 18.5. The highest BCUT2D eigenvalue weighted by Crippen LogP contribution is 2.44. The second-order valence-corrected chi connectivity index (χ2v) is 16.3. The van der Waals surface area contributed by atoms with Crippen LogP contribution in [-0.4, -0.2) is 36.1 Å². The van der Waals surface area contributed by atoms with Crippen LogP contribution in [0.3, 0.4) is 0 Å². The van der Waals surface area contributed by atoms with Crippen molar-refractivity contribution in [3.63, 3.8) is 0 Å². The molecule has 0 aliphatic heterocycles. The molecule has 0 amide bonds. The summed E-state index contributed by atoms with van der Waals surface area (Å²) < 4.78 is 39.4. The molecular weight excluding hydrogens is 388 g/mol. The van der Waals surface area contributed by atoms with Crippen LogP contribution in [0.1, 0.15) is 41.0 Å².